The Morgan fingerprint density at radius 1 is 0.387 bits per heavy atom. The number of alkyl halides is 3. The molecule has 0 spiro atoms. The SMILES string of the molecule is NCCC(OC(=O)Nc1ccccc1)C(=O)N[C@@H]1C[C@H](N)[C@@H](O[C@@H]2O[C@@H](CN)[C@H](OC(=O)Nc3ccccc3)[C@@H](OC(=O)Nc3ccccc3)[C@@H]2OC(=O)Nc2ccccc2)[C@H](OC(=O)Nc2ccccc2)[C@H]1O[C@H]1O[C@H](COC(=O)Nc2ccccc2)[C@@H](OC(=O)Nc2ccccc2)[C@H](N)[C@H]1OC(=O)Nc1ccccc1.O=C(O)C(F)(F)F. The molecule has 0 radical (unpaired) electrons. The van der Waals surface area contributed by atoms with Crippen LogP contribution < -0.4 is 70.8 Å². The Kier molecular flexibility index (Phi) is 31.9. The molecule has 1 saturated carbocycles. The number of nitrogens with two attached hydrogens (primary N) is 4. The van der Waals surface area contributed by atoms with Gasteiger partial charge in [0.05, 0.1) is 12.1 Å². The molecule has 8 aromatic rings. The summed E-state index contributed by atoms with van der Waals surface area (Å²) in [6, 6.07) is 59.5. The van der Waals surface area contributed by atoms with Crippen molar-refractivity contribution < 1.29 is 123 Å². The number of aliphatic carboxylic acids is 1. The van der Waals surface area contributed by atoms with Crippen molar-refractivity contribution in [3.8, 4) is 0 Å². The van der Waals surface area contributed by atoms with E-state index < -0.39 is 184 Å². The average Bonchev–Trinajstić information content (AvgIpc) is 0.766. The fourth-order valence-electron chi connectivity index (χ4n) is 12.3. The topological polar surface area (TPSA) is 514 Å². The summed E-state index contributed by atoms with van der Waals surface area (Å²) in [6.45, 7) is -1.61. The van der Waals surface area contributed by atoms with Crippen LogP contribution in [0.15, 0.2) is 243 Å². The molecule has 16 atom stereocenters. The van der Waals surface area contributed by atoms with Crippen molar-refractivity contribution in [3.05, 3.63) is 243 Å². The van der Waals surface area contributed by atoms with E-state index in [4.69, 9.17) is 89.7 Å². The molecule has 18 N–H and O–H groups in total. The lowest BCUT2D eigenvalue weighted by Gasteiger charge is -2.50. The summed E-state index contributed by atoms with van der Waals surface area (Å²) in [5.74, 6) is -3.79. The van der Waals surface area contributed by atoms with E-state index in [1.165, 1.54) is 36.4 Å². The minimum Gasteiger partial charge on any atom is -0.475 e. The van der Waals surface area contributed by atoms with Crippen LogP contribution in [-0.4, -0.2) is 189 Å². The molecule has 3 aliphatic rings. The van der Waals surface area contributed by atoms with Crippen LogP contribution in [0.4, 0.5) is 97.0 Å². The maximum Gasteiger partial charge on any atom is 0.490 e. The van der Waals surface area contributed by atoms with Gasteiger partial charge in [0, 0.05) is 64.5 Å². The van der Waals surface area contributed by atoms with Crippen LogP contribution in [0.25, 0.3) is 0 Å². The summed E-state index contributed by atoms with van der Waals surface area (Å²) >= 11 is 0. The van der Waals surface area contributed by atoms with Crippen molar-refractivity contribution in [3.63, 3.8) is 0 Å². The molecule has 1 unspecified atom stereocenters. The van der Waals surface area contributed by atoms with Crippen LogP contribution in [0.5, 0.6) is 0 Å². The fourth-order valence-corrected chi connectivity index (χ4v) is 12.3. The number of benzene rings is 8. The lowest BCUT2D eigenvalue weighted by atomic mass is 9.83. The van der Waals surface area contributed by atoms with Gasteiger partial charge < -0.3 is 90.2 Å². The third-order valence-corrected chi connectivity index (χ3v) is 17.6. The van der Waals surface area contributed by atoms with Gasteiger partial charge in [-0.25, -0.2) is 43.2 Å². The third kappa shape index (κ3) is 26.7. The van der Waals surface area contributed by atoms with E-state index in [1.54, 1.807) is 206 Å². The molecule has 628 valence electrons. The lowest BCUT2D eigenvalue weighted by molar-refractivity contribution is -0.329. The van der Waals surface area contributed by atoms with Crippen LogP contribution >= 0.6 is 0 Å². The van der Waals surface area contributed by atoms with Gasteiger partial charge in [0.2, 0.25) is 0 Å². The van der Waals surface area contributed by atoms with Gasteiger partial charge in [-0.15, -0.1) is 0 Å². The molecule has 9 amide bonds. The first kappa shape index (κ1) is 87.7. The highest BCUT2D eigenvalue weighted by Gasteiger charge is 2.59. The Morgan fingerprint density at radius 2 is 0.681 bits per heavy atom. The van der Waals surface area contributed by atoms with E-state index in [-0.39, 0.29) is 47.1 Å². The monoisotopic (exact) mass is 1650 g/mol. The van der Waals surface area contributed by atoms with Crippen LogP contribution in [0.2, 0.25) is 0 Å². The first-order chi connectivity index (χ1) is 57.4. The van der Waals surface area contributed by atoms with Crippen LogP contribution in [0.3, 0.4) is 0 Å². The molecule has 36 nitrogen and oxygen atoms in total. The standard InChI is InChI=1S/C78H83N13O21.C2HF3O2/c79-42-41-56(104-72(94)84-47-27-11-2-12-28-47)68(92)91-55-43-54(81)60(105-70-67(112-78(100)90-53-39-23-8-24-40-53)66(111-77(99)89-52-37-21-7-22-38-52)63(57(44-80)102-70)108-74(96)86-49-31-15-4-16-32-49)65(110-76(98)88-51-35-19-6-20-36-51)61(55)106-69-64(109-75(97)87-50-33-17-5-18-34-50)59(82)62(107-73(95)85-48-29-13-3-14-30-48)58(103-69)45-101-71(93)83-46-25-9-1-10-26-46;3-2(4,5)1(6)7/h1-40,54-67,69-70H,41-45,79-82H2,(H,83,93)(H,84,94)(H,85,95)(H,86,96)(H,87,97)(H,88,98)(H,89,99)(H,90,100)(H,91,92);(H,6,7)/t54-,55+,56?,57-,58+,59-,60+,61-,62+,63-,64+,65-,66+,67-,69+,70-;/m0./s1. The van der Waals surface area contributed by atoms with Crippen molar-refractivity contribution in [2.45, 2.75) is 117 Å². The number of ether oxygens (including phenoxy) is 12. The number of amides is 9. The van der Waals surface area contributed by atoms with Gasteiger partial charge in [-0.1, -0.05) is 146 Å². The van der Waals surface area contributed by atoms with E-state index in [0.29, 0.717) is 11.4 Å². The van der Waals surface area contributed by atoms with Crippen molar-refractivity contribution in [2.24, 2.45) is 22.9 Å². The van der Waals surface area contributed by atoms with Gasteiger partial charge in [-0.3, -0.25) is 47.3 Å². The molecular formula is C80H84F3N13O23. The van der Waals surface area contributed by atoms with Gasteiger partial charge in [-0.2, -0.15) is 13.2 Å². The summed E-state index contributed by atoms with van der Waals surface area (Å²) in [5.41, 5.74) is 29.2. The quantitative estimate of drug-likeness (QED) is 0.0224. The zero-order chi connectivity index (χ0) is 84.8. The van der Waals surface area contributed by atoms with Gasteiger partial charge in [-0.05, 0) is 110 Å². The lowest BCUT2D eigenvalue weighted by Crippen LogP contribution is -2.71. The normalized spacial score (nSPS) is 22.6. The summed E-state index contributed by atoms with van der Waals surface area (Å²) in [6.07, 6.45) is -40.0. The van der Waals surface area contributed by atoms with Crippen LogP contribution in [0, 0.1) is 0 Å². The molecule has 39 heteroatoms. The van der Waals surface area contributed by atoms with Crippen molar-refractivity contribution in [1.82, 2.24) is 5.32 Å². The molecule has 11 rings (SSSR count). The summed E-state index contributed by atoms with van der Waals surface area (Å²) in [4.78, 5) is 138. The average molecular weight is 1650 g/mol. The van der Waals surface area contributed by atoms with Gasteiger partial charge in [0.25, 0.3) is 5.91 Å². The second-order valence-corrected chi connectivity index (χ2v) is 26.1. The summed E-state index contributed by atoms with van der Waals surface area (Å²) in [7, 11) is 0. The van der Waals surface area contributed by atoms with E-state index >= 15 is 9.59 Å². The highest BCUT2D eigenvalue weighted by Crippen LogP contribution is 2.38. The fraction of sp³-hybridized carbons (Fsp3) is 0.275. The largest absolute Gasteiger partial charge is 0.490 e. The van der Waals surface area contributed by atoms with Crippen LogP contribution in [-0.2, 0) is 66.4 Å². The maximum absolute atomic E-state index is 15.2. The molecule has 2 aliphatic heterocycles. The molecule has 3 fully saturated rings. The summed E-state index contributed by atoms with van der Waals surface area (Å²) in [5, 5.41) is 30.8. The van der Waals surface area contributed by atoms with Gasteiger partial charge >= 0.3 is 60.9 Å². The van der Waals surface area contributed by atoms with Crippen molar-refractivity contribution in [2.75, 3.05) is 62.2 Å². The number of carboxylic acids is 1. The van der Waals surface area contributed by atoms with Crippen molar-refractivity contribution in [1.29, 1.82) is 0 Å². The van der Waals surface area contributed by atoms with Gasteiger partial charge in [0.15, 0.2) is 55.3 Å². The predicted octanol–water partition coefficient (Wildman–Crippen LogP) is 10.3. The minimum absolute atomic E-state index is 0.166. The highest BCUT2D eigenvalue weighted by molar-refractivity contribution is 5.91. The molecule has 8 aromatic carbocycles. The number of anilines is 8. The van der Waals surface area contributed by atoms with E-state index in [2.05, 4.69) is 47.9 Å². The molecule has 1 aliphatic carbocycles. The number of carbonyl (C=O) groups is 10. The Bertz CT molecular complexity index is 4620. The number of carboxylic acid groups (broad SMARTS) is 1. The Hall–Kier alpha value is -13.7. The van der Waals surface area contributed by atoms with Gasteiger partial charge in [0.1, 0.15) is 31.0 Å². The number of carbonyl (C=O) groups excluding carboxylic acids is 9. The molecule has 2 heterocycles. The van der Waals surface area contributed by atoms with E-state index in [0.717, 1.165) is 0 Å². The molecule has 0 aromatic heterocycles. The number of nitrogens with one attached hydrogen (secondary N) is 9. The molecule has 0 bridgehead atoms. The van der Waals surface area contributed by atoms with E-state index in [9.17, 15) is 46.7 Å². The zero-order valence-corrected chi connectivity index (χ0v) is 62.7. The molecular weight excluding hydrogens is 1570 g/mol. The maximum atomic E-state index is 15.2. The Balaban J connectivity index is 0.00000203. The second kappa shape index (κ2) is 43.3. The third-order valence-electron chi connectivity index (χ3n) is 17.6. The molecule has 119 heavy (non-hydrogen) atoms. The minimum atomic E-state index is -5.08. The van der Waals surface area contributed by atoms with E-state index in [1.807, 2.05) is 0 Å². The predicted molar refractivity (Wildman–Crippen MR) is 420 cm³/mol. The Labute approximate surface area is 676 Å². The number of hydrogen-bond donors (Lipinski definition) is 14. The van der Waals surface area contributed by atoms with Crippen LogP contribution in [0.1, 0.15) is 12.8 Å². The zero-order valence-electron chi connectivity index (χ0n) is 62.7. The Morgan fingerprint density at radius 3 is 1.03 bits per heavy atom. The number of halogens is 3. The first-order valence-corrected chi connectivity index (χ1v) is 36.7. The summed E-state index contributed by atoms with van der Waals surface area (Å²) < 4.78 is 108. The number of hydrogen-bond acceptors (Lipinski definition) is 26. The number of para-hydroxylation sites is 8. The smallest absolute Gasteiger partial charge is 0.475 e. The molecule has 2 saturated heterocycles. The first-order valence-electron chi connectivity index (χ1n) is 36.7. The van der Waals surface area contributed by atoms with Crippen molar-refractivity contribution >= 4 is 106 Å². The second-order valence-electron chi connectivity index (χ2n) is 26.1. The highest BCUT2D eigenvalue weighted by atomic mass is 19.4. The number of rotatable bonds is 26.